The van der Waals surface area contributed by atoms with E-state index in [9.17, 15) is 9.18 Å². The summed E-state index contributed by atoms with van der Waals surface area (Å²) in [6.07, 6.45) is 4.06. The summed E-state index contributed by atoms with van der Waals surface area (Å²) < 4.78 is 13.5. The third kappa shape index (κ3) is 1.66. The van der Waals surface area contributed by atoms with Crippen LogP contribution in [0.4, 0.5) is 4.39 Å². The monoisotopic (exact) mass is 239 g/mol. The number of nitrogens with zero attached hydrogens (tertiary/aromatic N) is 1. The molecule has 1 aliphatic rings. The Morgan fingerprint density at radius 3 is 2.62 bits per heavy atom. The van der Waals surface area contributed by atoms with Crippen LogP contribution in [0, 0.1) is 12.7 Å². The molecular formula is C12H11ClFNO. The Morgan fingerprint density at radius 2 is 2.19 bits per heavy atom. The predicted molar refractivity (Wildman–Crippen MR) is 59.8 cm³/mol. The Bertz CT molecular complexity index is 453. The average Bonchev–Trinajstić information content (AvgIpc) is 2.19. The average molecular weight is 240 g/mol. The van der Waals surface area contributed by atoms with Crippen LogP contribution in [0.5, 0.6) is 0 Å². The van der Waals surface area contributed by atoms with E-state index in [1.807, 2.05) is 0 Å². The molecule has 2 rings (SSSR count). The van der Waals surface area contributed by atoms with E-state index >= 15 is 0 Å². The van der Waals surface area contributed by atoms with Gasteiger partial charge in [0, 0.05) is 10.6 Å². The van der Waals surface area contributed by atoms with Gasteiger partial charge in [0.25, 0.3) is 0 Å². The number of carbonyl (C=O) groups excluding carboxylic acids is 1. The lowest BCUT2D eigenvalue weighted by Crippen LogP contribution is -2.32. The molecule has 0 spiro atoms. The maximum absolute atomic E-state index is 13.5. The van der Waals surface area contributed by atoms with E-state index in [2.05, 4.69) is 4.99 Å². The molecular weight excluding hydrogens is 229 g/mol. The molecule has 0 aromatic heterocycles. The lowest BCUT2D eigenvalue weighted by molar-refractivity contribution is 0.255. The van der Waals surface area contributed by atoms with E-state index in [1.165, 1.54) is 6.07 Å². The summed E-state index contributed by atoms with van der Waals surface area (Å²) in [4.78, 5) is 14.2. The maximum Gasteiger partial charge on any atom is 0.235 e. The van der Waals surface area contributed by atoms with Crippen LogP contribution in [0.2, 0.25) is 5.02 Å². The third-order valence-corrected chi connectivity index (χ3v) is 3.65. The summed E-state index contributed by atoms with van der Waals surface area (Å²) in [5, 5.41) is 0.377. The van der Waals surface area contributed by atoms with Crippen LogP contribution >= 0.6 is 11.6 Å². The molecule has 0 N–H and O–H groups in total. The van der Waals surface area contributed by atoms with Crippen LogP contribution in [-0.2, 0) is 10.3 Å². The maximum atomic E-state index is 13.5. The van der Waals surface area contributed by atoms with E-state index in [4.69, 9.17) is 11.6 Å². The first-order valence-electron chi connectivity index (χ1n) is 5.14. The summed E-state index contributed by atoms with van der Waals surface area (Å²) >= 11 is 5.93. The van der Waals surface area contributed by atoms with Gasteiger partial charge < -0.3 is 0 Å². The molecule has 1 aromatic carbocycles. The summed E-state index contributed by atoms with van der Waals surface area (Å²) in [6.45, 7) is 1.62. The molecule has 0 amide bonds. The van der Waals surface area contributed by atoms with Gasteiger partial charge in [-0.15, -0.1) is 0 Å². The van der Waals surface area contributed by atoms with Gasteiger partial charge in [-0.3, -0.25) is 0 Å². The second-order valence-electron chi connectivity index (χ2n) is 4.15. The summed E-state index contributed by atoms with van der Waals surface area (Å²) in [5.74, 6) is -0.352. The topological polar surface area (TPSA) is 29.4 Å². The van der Waals surface area contributed by atoms with E-state index in [0.29, 0.717) is 16.1 Å². The summed E-state index contributed by atoms with van der Waals surface area (Å²) in [7, 11) is 0. The highest BCUT2D eigenvalue weighted by atomic mass is 35.5. The van der Waals surface area contributed by atoms with E-state index in [1.54, 1.807) is 19.1 Å². The highest BCUT2D eigenvalue weighted by molar-refractivity contribution is 6.31. The Morgan fingerprint density at radius 1 is 1.50 bits per heavy atom. The molecule has 0 aliphatic heterocycles. The number of rotatable bonds is 2. The van der Waals surface area contributed by atoms with Crippen LogP contribution in [0.1, 0.15) is 30.4 Å². The van der Waals surface area contributed by atoms with Gasteiger partial charge >= 0.3 is 0 Å². The molecule has 1 aromatic rings. The molecule has 84 valence electrons. The van der Waals surface area contributed by atoms with Gasteiger partial charge in [0.15, 0.2) is 0 Å². The van der Waals surface area contributed by atoms with Gasteiger partial charge in [-0.05, 0) is 43.9 Å². The summed E-state index contributed by atoms with van der Waals surface area (Å²) in [5.41, 5.74) is 0.519. The molecule has 0 heterocycles. The number of benzene rings is 1. The van der Waals surface area contributed by atoms with Crippen LogP contribution in [0.15, 0.2) is 17.1 Å². The van der Waals surface area contributed by atoms with Crippen molar-refractivity contribution in [2.75, 3.05) is 0 Å². The number of halogens is 2. The molecule has 16 heavy (non-hydrogen) atoms. The smallest absolute Gasteiger partial charge is 0.211 e. The predicted octanol–water partition coefficient (Wildman–Crippen LogP) is 3.50. The fourth-order valence-corrected chi connectivity index (χ4v) is 2.19. The first kappa shape index (κ1) is 11.3. The van der Waals surface area contributed by atoms with Crippen molar-refractivity contribution >= 4 is 17.7 Å². The molecule has 1 aliphatic carbocycles. The lowest BCUT2D eigenvalue weighted by atomic mass is 9.72. The van der Waals surface area contributed by atoms with Gasteiger partial charge in [-0.2, -0.15) is 4.99 Å². The van der Waals surface area contributed by atoms with Crippen LogP contribution in [-0.4, -0.2) is 6.08 Å². The lowest BCUT2D eigenvalue weighted by Gasteiger charge is -2.37. The van der Waals surface area contributed by atoms with Gasteiger partial charge in [-0.1, -0.05) is 11.6 Å². The Kier molecular flexibility index (Phi) is 2.83. The number of hydrogen-bond acceptors (Lipinski definition) is 2. The normalized spacial score (nSPS) is 17.4. The van der Waals surface area contributed by atoms with Crippen LogP contribution in [0.3, 0.4) is 0 Å². The third-order valence-electron chi connectivity index (χ3n) is 3.26. The zero-order chi connectivity index (χ0) is 11.8. The molecule has 2 nitrogen and oxygen atoms in total. The molecule has 4 heteroatoms. The van der Waals surface area contributed by atoms with Gasteiger partial charge in [-0.25, -0.2) is 9.18 Å². The van der Waals surface area contributed by atoms with Crippen molar-refractivity contribution in [2.24, 2.45) is 4.99 Å². The van der Waals surface area contributed by atoms with Crippen molar-refractivity contribution in [1.82, 2.24) is 0 Å². The Balaban J connectivity index is 2.51. The fraction of sp³-hybridized carbons (Fsp3) is 0.417. The van der Waals surface area contributed by atoms with Gasteiger partial charge in [0.2, 0.25) is 6.08 Å². The van der Waals surface area contributed by atoms with E-state index in [0.717, 1.165) is 19.3 Å². The van der Waals surface area contributed by atoms with Crippen molar-refractivity contribution < 1.29 is 9.18 Å². The molecule has 1 fully saturated rings. The Labute approximate surface area is 98.1 Å². The van der Waals surface area contributed by atoms with Crippen LogP contribution < -0.4 is 0 Å². The standard InChI is InChI=1S/C12H11ClFNO/c1-8-10(13)5-9(6-11(8)14)12(15-7-16)3-2-4-12/h5-6H,2-4H2,1H3. The first-order valence-corrected chi connectivity index (χ1v) is 5.52. The second kappa shape index (κ2) is 4.00. The number of isocyanates is 1. The van der Waals surface area contributed by atoms with Crippen molar-refractivity contribution in [3.8, 4) is 0 Å². The van der Waals surface area contributed by atoms with Crippen molar-refractivity contribution in [2.45, 2.75) is 31.7 Å². The molecule has 0 unspecified atom stereocenters. The van der Waals surface area contributed by atoms with Gasteiger partial charge in [0.1, 0.15) is 5.82 Å². The molecule has 1 saturated carbocycles. The number of aliphatic imine (C=N–C) groups is 1. The minimum Gasteiger partial charge on any atom is -0.211 e. The number of hydrogen-bond donors (Lipinski definition) is 0. The van der Waals surface area contributed by atoms with Crippen molar-refractivity contribution in [3.05, 3.63) is 34.1 Å². The van der Waals surface area contributed by atoms with Gasteiger partial charge in [0.05, 0.1) is 5.54 Å². The second-order valence-corrected chi connectivity index (χ2v) is 4.56. The quantitative estimate of drug-likeness (QED) is 0.574. The zero-order valence-electron chi connectivity index (χ0n) is 8.89. The largest absolute Gasteiger partial charge is 0.235 e. The van der Waals surface area contributed by atoms with E-state index < -0.39 is 5.54 Å². The first-order chi connectivity index (χ1) is 7.59. The highest BCUT2D eigenvalue weighted by Gasteiger charge is 2.39. The fourth-order valence-electron chi connectivity index (χ4n) is 1.98. The highest BCUT2D eigenvalue weighted by Crippen LogP contribution is 2.45. The zero-order valence-corrected chi connectivity index (χ0v) is 9.64. The molecule has 0 bridgehead atoms. The van der Waals surface area contributed by atoms with Crippen molar-refractivity contribution in [3.63, 3.8) is 0 Å². The minimum absolute atomic E-state index is 0.352. The SMILES string of the molecule is Cc1c(F)cc(C2(N=C=O)CCC2)cc1Cl. The summed E-state index contributed by atoms with van der Waals surface area (Å²) in [6, 6.07) is 3.11. The molecule has 0 saturated heterocycles. The van der Waals surface area contributed by atoms with Crippen LogP contribution in [0.25, 0.3) is 0 Å². The Hall–Kier alpha value is -1.18. The van der Waals surface area contributed by atoms with Crippen molar-refractivity contribution in [1.29, 1.82) is 0 Å². The molecule has 0 atom stereocenters. The molecule has 0 radical (unpaired) electrons. The van der Waals surface area contributed by atoms with E-state index in [-0.39, 0.29) is 5.82 Å². The minimum atomic E-state index is -0.583.